The predicted octanol–water partition coefficient (Wildman–Crippen LogP) is 2.42. The predicted molar refractivity (Wildman–Crippen MR) is 198 cm³/mol. The highest BCUT2D eigenvalue weighted by Gasteiger charge is 2.66. The highest BCUT2D eigenvalue weighted by Crippen LogP contribution is 2.69. The molecule has 282 valence electrons. The Morgan fingerprint density at radius 1 is 0.918 bits per heavy atom. The Bertz CT molecular complexity index is 1120. The zero-order chi connectivity index (χ0) is 35.8. The van der Waals surface area contributed by atoms with E-state index in [2.05, 4.69) is 54.9 Å². The fourth-order valence-electron chi connectivity index (χ4n) is 10.8. The molecule has 0 radical (unpaired) electrons. The molecule has 0 bridgehead atoms. The van der Waals surface area contributed by atoms with E-state index in [0.717, 1.165) is 45.2 Å². The second-order valence-corrected chi connectivity index (χ2v) is 16.0. The van der Waals surface area contributed by atoms with E-state index in [4.69, 9.17) is 48.3 Å². The molecule has 0 spiro atoms. The number of nitrogens with two attached hydrogens (primary N) is 5. The van der Waals surface area contributed by atoms with Gasteiger partial charge in [-0.2, -0.15) is 0 Å². The number of guanidine groups is 3. The number of nitrogens with one attached hydrogen (secondary N) is 2. The summed E-state index contributed by atoms with van der Waals surface area (Å²) < 4.78 is 20.2. The number of rotatable bonds is 18. The normalized spacial score (nSPS) is 35.9. The second-order valence-electron chi connectivity index (χ2n) is 16.0. The number of aliphatic imine (C=N–C) groups is 2. The molecule has 0 aliphatic heterocycles. The molecule has 4 fully saturated rings. The molecule has 0 amide bonds. The van der Waals surface area contributed by atoms with Gasteiger partial charge in [-0.1, -0.05) is 27.7 Å². The lowest BCUT2D eigenvalue weighted by molar-refractivity contribution is -0.226. The minimum absolute atomic E-state index is 0.0223. The first-order chi connectivity index (χ1) is 23.3. The van der Waals surface area contributed by atoms with E-state index in [1.807, 2.05) is 0 Å². The molecule has 13 nitrogen and oxygen atoms in total. The summed E-state index contributed by atoms with van der Waals surface area (Å²) in [4.78, 5) is 10.9. The zero-order valence-corrected chi connectivity index (χ0v) is 31.2. The quantitative estimate of drug-likeness (QED) is 0.0632. The van der Waals surface area contributed by atoms with Crippen molar-refractivity contribution >= 4 is 17.9 Å². The summed E-state index contributed by atoms with van der Waals surface area (Å²) in [6.07, 6.45) is 10.6. The third-order valence-electron chi connectivity index (χ3n) is 13.4. The molecule has 0 aromatic rings. The third kappa shape index (κ3) is 9.51. The van der Waals surface area contributed by atoms with Crippen molar-refractivity contribution in [2.75, 3.05) is 59.6 Å². The first kappa shape index (κ1) is 39.4. The molecule has 11 atom stereocenters. The second kappa shape index (κ2) is 17.7. The van der Waals surface area contributed by atoms with E-state index < -0.39 is 0 Å². The van der Waals surface area contributed by atoms with E-state index in [0.29, 0.717) is 75.0 Å². The molecule has 4 aliphatic rings. The van der Waals surface area contributed by atoms with Gasteiger partial charge in [0.05, 0.1) is 51.2 Å². The number of fused-ring (bicyclic) bond motifs is 5. The Labute approximate surface area is 295 Å². The zero-order valence-electron chi connectivity index (χ0n) is 31.2. The minimum Gasteiger partial charge on any atom is -0.376 e. The Hall–Kier alpha value is -2.35. The molecule has 2 unspecified atom stereocenters. The van der Waals surface area contributed by atoms with Gasteiger partial charge in [0.1, 0.15) is 0 Å². The van der Waals surface area contributed by atoms with Gasteiger partial charge in [0.25, 0.3) is 0 Å². The molecular weight excluding hydrogens is 620 g/mol. The average molecular weight is 691 g/mol. The third-order valence-corrected chi connectivity index (χ3v) is 13.4. The van der Waals surface area contributed by atoms with Gasteiger partial charge in [0.15, 0.2) is 17.9 Å². The van der Waals surface area contributed by atoms with Crippen LogP contribution in [-0.4, -0.2) is 101 Å². The molecule has 13 heteroatoms. The average Bonchev–Trinajstić information content (AvgIpc) is 3.41. The molecule has 0 aromatic carbocycles. The maximum atomic E-state index is 7.45. The molecule has 0 saturated heterocycles. The van der Waals surface area contributed by atoms with Gasteiger partial charge in [-0.05, 0) is 119 Å². The molecule has 0 heterocycles. The molecule has 0 aromatic heterocycles. The monoisotopic (exact) mass is 691 g/mol. The maximum absolute atomic E-state index is 7.45. The maximum Gasteiger partial charge on any atom is 0.185 e. The minimum atomic E-state index is -0.0223. The first-order valence-corrected chi connectivity index (χ1v) is 19.0. The van der Waals surface area contributed by atoms with Crippen molar-refractivity contribution in [3.63, 3.8) is 0 Å². The molecule has 49 heavy (non-hydrogen) atoms. The number of hydrogen-bond donors (Lipinski definition) is 7. The molecule has 4 aliphatic carbocycles. The molecule has 12 N–H and O–H groups in total. The summed E-state index contributed by atoms with van der Waals surface area (Å²) >= 11 is 0. The van der Waals surface area contributed by atoms with Crippen molar-refractivity contribution in [1.29, 1.82) is 5.41 Å². The first-order valence-electron chi connectivity index (χ1n) is 19.0. The lowest BCUT2D eigenvalue weighted by Crippen LogP contribution is -2.63. The highest BCUT2D eigenvalue weighted by atomic mass is 16.5. The van der Waals surface area contributed by atoms with Crippen LogP contribution in [-0.2, 0) is 14.2 Å². The van der Waals surface area contributed by atoms with E-state index in [-0.39, 0.29) is 47.0 Å². The van der Waals surface area contributed by atoms with Crippen LogP contribution < -0.4 is 34.0 Å². The number of ether oxygens (including phenoxy) is 3. The lowest BCUT2D eigenvalue weighted by atomic mass is 9.43. The van der Waals surface area contributed by atoms with Gasteiger partial charge in [0, 0.05) is 12.0 Å². The molecule has 4 saturated carbocycles. The summed E-state index contributed by atoms with van der Waals surface area (Å²) in [5, 5.41) is 10.3. The van der Waals surface area contributed by atoms with Crippen molar-refractivity contribution in [3.05, 3.63) is 0 Å². The van der Waals surface area contributed by atoms with Crippen LogP contribution in [0.3, 0.4) is 0 Å². The van der Waals surface area contributed by atoms with Crippen molar-refractivity contribution in [1.82, 2.24) is 10.2 Å². The van der Waals surface area contributed by atoms with Gasteiger partial charge < -0.3 is 53.1 Å². The largest absolute Gasteiger partial charge is 0.376 e. The van der Waals surface area contributed by atoms with Crippen LogP contribution >= 0.6 is 0 Å². The summed E-state index contributed by atoms with van der Waals surface area (Å²) in [6.45, 7) is 15.1. The van der Waals surface area contributed by atoms with Crippen molar-refractivity contribution < 1.29 is 14.2 Å². The van der Waals surface area contributed by atoms with Gasteiger partial charge in [-0.15, -0.1) is 0 Å². The standard InChI is InChI=1S/C36H70N10O3/c1-6-46(5)16-7-8-23(2)26-9-10-27-31-28(22-30(36(26,27)4)49-19-15-45-34(41)42)35(3)12-11-25(47-17-13-43-32(37)38)20-24(35)21-29(31)48-18-14-44-33(39)40/h23-31H,6-22H2,1-5H3,(H4,37,38,43)(H4,39,40,44)(H4,41,42,45)/t23-,24?,25-,26-,27+,28+,29-,30+,31?,35+,36-/m1/s1. The fraction of sp³-hybridized carbons (Fsp3) is 0.917. The number of hydrogen-bond acceptors (Lipinski definition) is 7. The number of nitrogens with zero attached hydrogens (tertiary/aromatic N) is 3. The smallest absolute Gasteiger partial charge is 0.185 e. The Morgan fingerprint density at radius 2 is 1.61 bits per heavy atom. The lowest BCUT2D eigenvalue weighted by Gasteiger charge is -2.64. The molecular formula is C36H70N10O3. The highest BCUT2D eigenvalue weighted by molar-refractivity contribution is 5.76. The van der Waals surface area contributed by atoms with Crippen LogP contribution in [0.25, 0.3) is 0 Å². The summed E-state index contributed by atoms with van der Waals surface area (Å²) in [6, 6.07) is 0. The van der Waals surface area contributed by atoms with Gasteiger partial charge in [0.2, 0.25) is 0 Å². The van der Waals surface area contributed by atoms with Crippen LogP contribution in [0.15, 0.2) is 9.98 Å². The van der Waals surface area contributed by atoms with Crippen molar-refractivity contribution in [3.8, 4) is 0 Å². The Kier molecular flexibility index (Phi) is 14.3. The van der Waals surface area contributed by atoms with Crippen molar-refractivity contribution in [2.45, 2.75) is 104 Å². The van der Waals surface area contributed by atoms with Gasteiger partial charge >= 0.3 is 0 Å². The van der Waals surface area contributed by atoms with Crippen LogP contribution in [0.4, 0.5) is 0 Å². The summed E-state index contributed by atoms with van der Waals surface area (Å²) in [5.74, 6) is 3.28. The van der Waals surface area contributed by atoms with Gasteiger partial charge in [-0.3, -0.25) is 15.4 Å². The van der Waals surface area contributed by atoms with Crippen LogP contribution in [0.1, 0.15) is 85.5 Å². The SMILES string of the molecule is CCN(C)CCC[C@@H](C)[C@H]1CC[C@H]2C3[C@H](OCCN=C(N)N)CC4C[C@H](OCCNC(=N)N)CC[C@]4(C)[C@H]3C[C@H](OCCN=C(N)N)[C@]12C. The van der Waals surface area contributed by atoms with E-state index in [1.54, 1.807) is 0 Å². The summed E-state index contributed by atoms with van der Waals surface area (Å²) in [5.41, 5.74) is 28.4. The fourth-order valence-corrected chi connectivity index (χ4v) is 10.8. The van der Waals surface area contributed by atoms with E-state index in [1.165, 1.54) is 25.7 Å². The van der Waals surface area contributed by atoms with Gasteiger partial charge in [-0.25, -0.2) is 0 Å². The Morgan fingerprint density at radius 3 is 2.27 bits per heavy atom. The Balaban J connectivity index is 1.61. The summed E-state index contributed by atoms with van der Waals surface area (Å²) in [7, 11) is 2.22. The van der Waals surface area contributed by atoms with E-state index >= 15 is 0 Å². The molecule has 4 rings (SSSR count). The van der Waals surface area contributed by atoms with Crippen LogP contribution in [0, 0.1) is 51.7 Å². The van der Waals surface area contributed by atoms with Crippen LogP contribution in [0.5, 0.6) is 0 Å². The van der Waals surface area contributed by atoms with E-state index in [9.17, 15) is 0 Å². The van der Waals surface area contributed by atoms with Crippen molar-refractivity contribution in [2.24, 2.45) is 85.0 Å². The van der Waals surface area contributed by atoms with Crippen LogP contribution in [0.2, 0.25) is 0 Å². The topological polar surface area (TPSA) is 222 Å².